The van der Waals surface area contributed by atoms with E-state index in [1.165, 1.54) is 257 Å². The summed E-state index contributed by atoms with van der Waals surface area (Å²) in [7, 11) is -9.92. The zero-order valence-electron chi connectivity index (χ0n) is 66.8. The Bertz CT molecular complexity index is 1940. The summed E-state index contributed by atoms with van der Waals surface area (Å²) in [5.41, 5.74) is 0. The van der Waals surface area contributed by atoms with E-state index in [-0.39, 0.29) is 25.7 Å². The Balaban J connectivity index is 5.17. The van der Waals surface area contributed by atoms with Crippen LogP contribution >= 0.6 is 15.6 Å². The molecule has 0 aliphatic carbocycles. The molecule has 0 bridgehead atoms. The molecule has 2 unspecified atom stereocenters. The van der Waals surface area contributed by atoms with Crippen LogP contribution in [0.2, 0.25) is 0 Å². The molecule has 5 atom stereocenters. The highest BCUT2D eigenvalue weighted by Crippen LogP contribution is 2.45. The van der Waals surface area contributed by atoms with Crippen molar-refractivity contribution in [1.82, 2.24) is 0 Å². The maximum atomic E-state index is 13.1. The Kier molecular flexibility index (Phi) is 74.4. The number of hydrogen-bond acceptors (Lipinski definition) is 15. The zero-order chi connectivity index (χ0) is 74.8. The van der Waals surface area contributed by atoms with Gasteiger partial charge in [-0.05, 0) is 31.6 Å². The summed E-state index contributed by atoms with van der Waals surface area (Å²) in [4.78, 5) is 73.0. The Hall–Kier alpha value is -1.94. The summed E-state index contributed by atoms with van der Waals surface area (Å²) < 4.78 is 68.7. The molecule has 0 aliphatic rings. The highest BCUT2D eigenvalue weighted by Gasteiger charge is 2.30. The molecule has 0 aromatic carbocycles. The van der Waals surface area contributed by atoms with E-state index in [1.807, 2.05) is 0 Å². The second-order valence-corrected chi connectivity index (χ2v) is 33.3. The van der Waals surface area contributed by atoms with Crippen LogP contribution < -0.4 is 0 Å². The van der Waals surface area contributed by atoms with Gasteiger partial charge < -0.3 is 33.8 Å². The average Bonchev–Trinajstić information content (AvgIpc) is 0.909. The van der Waals surface area contributed by atoms with Gasteiger partial charge in [-0.1, -0.05) is 394 Å². The lowest BCUT2D eigenvalue weighted by molar-refractivity contribution is -0.161. The number of aliphatic hydroxyl groups is 1. The predicted molar refractivity (Wildman–Crippen MR) is 418 cm³/mol. The normalized spacial score (nSPS) is 13.8. The minimum atomic E-state index is -4.96. The summed E-state index contributed by atoms with van der Waals surface area (Å²) in [6, 6.07) is 0. The van der Waals surface area contributed by atoms with E-state index in [0.717, 1.165) is 109 Å². The number of carbonyl (C=O) groups excluding carboxylic acids is 4. The van der Waals surface area contributed by atoms with Crippen molar-refractivity contribution in [3.63, 3.8) is 0 Å². The van der Waals surface area contributed by atoms with Crippen LogP contribution in [0, 0.1) is 5.92 Å². The van der Waals surface area contributed by atoms with E-state index in [0.29, 0.717) is 25.7 Å². The minimum Gasteiger partial charge on any atom is -0.462 e. The number of ether oxygens (including phenoxy) is 4. The number of hydrogen-bond donors (Lipinski definition) is 3. The standard InChI is InChI=1S/C83H162O17P2/c1-6-9-12-15-18-20-22-24-26-28-30-32-34-36-40-44-48-53-58-63-68-83(88)100-79(73-94-81(86)67-62-57-52-47-43-39-35-33-31-29-27-25-23-21-19-16-13-10-7-2)75-98-102(91,92)96-71-77(84)70-95-101(89,90)97-74-78(72-93-80(85)66-61-56-50-17-14-11-8-3)99-82(87)69-64-59-54-49-45-41-37-38-42-46-51-55-60-65-76(4)5/h76-79,84H,6-75H2,1-5H3,(H,89,90)(H,91,92)/t77-,78+,79+/m0/s1. The zero-order valence-corrected chi connectivity index (χ0v) is 68.5. The third-order valence-electron chi connectivity index (χ3n) is 19.5. The maximum absolute atomic E-state index is 13.1. The molecule has 0 heterocycles. The lowest BCUT2D eigenvalue weighted by atomic mass is 10.0. The molecule has 17 nitrogen and oxygen atoms in total. The van der Waals surface area contributed by atoms with E-state index in [2.05, 4.69) is 34.6 Å². The molecule has 0 fully saturated rings. The third-order valence-corrected chi connectivity index (χ3v) is 21.4. The van der Waals surface area contributed by atoms with Gasteiger partial charge in [0.05, 0.1) is 26.4 Å². The number of phosphoric ester groups is 2. The van der Waals surface area contributed by atoms with Crippen LogP contribution in [0.25, 0.3) is 0 Å². The molecule has 102 heavy (non-hydrogen) atoms. The molecule has 606 valence electrons. The molecule has 0 aliphatic heterocycles. The second kappa shape index (κ2) is 75.9. The van der Waals surface area contributed by atoms with Gasteiger partial charge in [0.1, 0.15) is 19.3 Å². The summed E-state index contributed by atoms with van der Waals surface area (Å²) in [6.45, 7) is 7.32. The summed E-state index contributed by atoms with van der Waals surface area (Å²) >= 11 is 0. The van der Waals surface area contributed by atoms with Crippen LogP contribution in [-0.2, 0) is 65.4 Å². The van der Waals surface area contributed by atoms with Crippen molar-refractivity contribution in [2.45, 2.75) is 464 Å². The van der Waals surface area contributed by atoms with Crippen LogP contribution in [0.1, 0.15) is 446 Å². The van der Waals surface area contributed by atoms with Crippen LogP contribution in [-0.4, -0.2) is 96.7 Å². The lowest BCUT2D eigenvalue weighted by Gasteiger charge is -2.21. The van der Waals surface area contributed by atoms with Crippen molar-refractivity contribution >= 4 is 39.5 Å². The molecule has 0 aromatic rings. The molecule has 0 saturated carbocycles. The van der Waals surface area contributed by atoms with E-state index in [4.69, 9.17) is 37.0 Å². The molecule has 0 radical (unpaired) electrons. The fraction of sp³-hybridized carbons (Fsp3) is 0.952. The van der Waals surface area contributed by atoms with E-state index >= 15 is 0 Å². The Morgan fingerprint density at radius 3 is 0.667 bits per heavy atom. The van der Waals surface area contributed by atoms with Gasteiger partial charge >= 0.3 is 39.5 Å². The quantitative estimate of drug-likeness (QED) is 0.0222. The summed E-state index contributed by atoms with van der Waals surface area (Å²) in [5.74, 6) is -1.32. The first-order valence-electron chi connectivity index (χ1n) is 43.1. The molecular weight excluding hydrogens is 1330 g/mol. The van der Waals surface area contributed by atoms with Crippen LogP contribution in [0.15, 0.2) is 0 Å². The number of phosphoric acid groups is 2. The van der Waals surface area contributed by atoms with Gasteiger partial charge in [-0.25, -0.2) is 9.13 Å². The van der Waals surface area contributed by atoms with Gasteiger partial charge in [-0.15, -0.1) is 0 Å². The largest absolute Gasteiger partial charge is 0.472 e. The highest BCUT2D eigenvalue weighted by atomic mass is 31.2. The molecule has 3 N–H and O–H groups in total. The maximum Gasteiger partial charge on any atom is 0.472 e. The summed E-state index contributed by atoms with van der Waals surface area (Å²) in [6.07, 6.45) is 68.3. The number of esters is 4. The van der Waals surface area contributed by atoms with Crippen LogP contribution in [0.5, 0.6) is 0 Å². The molecule has 0 amide bonds. The van der Waals surface area contributed by atoms with Crippen LogP contribution in [0.4, 0.5) is 0 Å². The van der Waals surface area contributed by atoms with E-state index in [9.17, 15) is 43.2 Å². The molecular formula is C83H162O17P2. The van der Waals surface area contributed by atoms with Crippen LogP contribution in [0.3, 0.4) is 0 Å². The van der Waals surface area contributed by atoms with Crippen molar-refractivity contribution in [1.29, 1.82) is 0 Å². The number of unbranched alkanes of at least 4 members (excludes halogenated alkanes) is 55. The molecule has 0 rings (SSSR count). The number of rotatable bonds is 83. The Labute approximate surface area is 626 Å². The predicted octanol–water partition coefficient (Wildman–Crippen LogP) is 25.2. The fourth-order valence-electron chi connectivity index (χ4n) is 12.9. The number of carbonyl (C=O) groups is 4. The Morgan fingerprint density at radius 1 is 0.265 bits per heavy atom. The van der Waals surface area contributed by atoms with Gasteiger partial charge in [-0.2, -0.15) is 0 Å². The first-order chi connectivity index (χ1) is 49.5. The molecule has 0 spiro atoms. The topological polar surface area (TPSA) is 237 Å². The fourth-order valence-corrected chi connectivity index (χ4v) is 14.5. The van der Waals surface area contributed by atoms with Gasteiger partial charge in [-0.3, -0.25) is 37.3 Å². The lowest BCUT2D eigenvalue weighted by Crippen LogP contribution is -2.30. The highest BCUT2D eigenvalue weighted by molar-refractivity contribution is 7.47. The van der Waals surface area contributed by atoms with Gasteiger partial charge in [0, 0.05) is 25.7 Å². The van der Waals surface area contributed by atoms with Crippen molar-refractivity contribution in [2.24, 2.45) is 5.92 Å². The monoisotopic (exact) mass is 1490 g/mol. The van der Waals surface area contributed by atoms with E-state index < -0.39 is 97.5 Å². The number of aliphatic hydroxyl groups excluding tert-OH is 1. The SMILES string of the molecule is CCCCCCCCCCCCCCCCCCCCCCC(=O)O[C@H](COC(=O)CCCCCCCCCCCCCCCCCCCCC)COP(=O)(O)OC[C@@H](O)COP(=O)(O)OC[C@@H](COC(=O)CCCCCCCCC)OC(=O)CCCCCCCCCCCCCCCC(C)C. The Morgan fingerprint density at radius 2 is 0.451 bits per heavy atom. The second-order valence-electron chi connectivity index (χ2n) is 30.3. The smallest absolute Gasteiger partial charge is 0.462 e. The summed E-state index contributed by atoms with van der Waals surface area (Å²) in [5, 5.41) is 10.6. The first-order valence-corrected chi connectivity index (χ1v) is 46.1. The van der Waals surface area contributed by atoms with E-state index in [1.54, 1.807) is 0 Å². The third kappa shape index (κ3) is 76.3. The molecule has 0 aromatic heterocycles. The van der Waals surface area contributed by atoms with Crippen molar-refractivity contribution < 1.29 is 80.2 Å². The van der Waals surface area contributed by atoms with Crippen molar-refractivity contribution in [2.75, 3.05) is 39.6 Å². The van der Waals surface area contributed by atoms with Gasteiger partial charge in [0.15, 0.2) is 12.2 Å². The average molecular weight is 1490 g/mol. The van der Waals surface area contributed by atoms with Gasteiger partial charge in [0.2, 0.25) is 0 Å². The minimum absolute atomic E-state index is 0.107. The first kappa shape index (κ1) is 100. The molecule has 19 heteroatoms. The molecule has 0 saturated heterocycles. The van der Waals surface area contributed by atoms with Crippen molar-refractivity contribution in [3.05, 3.63) is 0 Å². The van der Waals surface area contributed by atoms with Gasteiger partial charge in [0.25, 0.3) is 0 Å². The van der Waals surface area contributed by atoms with Crippen molar-refractivity contribution in [3.8, 4) is 0 Å².